The molecule has 0 unspecified atom stereocenters. The molecule has 1 fully saturated rings. The van der Waals surface area contributed by atoms with Crippen LogP contribution in [0.1, 0.15) is 23.5 Å². The van der Waals surface area contributed by atoms with Crippen molar-refractivity contribution in [2.45, 2.75) is 18.4 Å². The van der Waals surface area contributed by atoms with Crippen LogP contribution in [-0.4, -0.2) is 40.3 Å². The molecule has 1 amide bonds. The van der Waals surface area contributed by atoms with E-state index in [1.54, 1.807) is 0 Å². The summed E-state index contributed by atoms with van der Waals surface area (Å²) in [4.78, 5) is 37.4. The van der Waals surface area contributed by atoms with Crippen LogP contribution in [0, 0.1) is 0 Å². The number of hydrogen-bond acceptors (Lipinski definition) is 3. The summed E-state index contributed by atoms with van der Waals surface area (Å²) in [5.74, 6) is -2.35. The third-order valence-electron chi connectivity index (χ3n) is 4.22. The lowest BCUT2D eigenvalue weighted by Crippen LogP contribution is -2.43. The Hall–Kier alpha value is -2.95. The molecule has 3 rings (SSSR count). The van der Waals surface area contributed by atoms with E-state index < -0.39 is 17.9 Å². The maximum Gasteiger partial charge on any atom is 0.326 e. The molecule has 1 aliphatic heterocycles. The average molecular weight is 323 g/mol. The first-order valence-electron chi connectivity index (χ1n) is 7.73. The van der Waals surface area contributed by atoms with Gasteiger partial charge in [0, 0.05) is 6.42 Å². The Morgan fingerprint density at radius 2 is 1.46 bits per heavy atom. The molecule has 1 N–H and O–H groups in total. The number of carboxylic acids is 1. The van der Waals surface area contributed by atoms with Crippen molar-refractivity contribution in [2.75, 3.05) is 6.54 Å². The predicted molar refractivity (Wildman–Crippen MR) is 87.5 cm³/mol. The quantitative estimate of drug-likeness (QED) is 0.935. The lowest BCUT2D eigenvalue weighted by molar-refractivity contribution is -0.148. The van der Waals surface area contributed by atoms with Crippen molar-refractivity contribution >= 4 is 17.7 Å². The van der Waals surface area contributed by atoms with Gasteiger partial charge in [0.15, 0.2) is 5.78 Å². The van der Waals surface area contributed by atoms with E-state index in [1.165, 1.54) is 4.90 Å². The largest absolute Gasteiger partial charge is 0.480 e. The number of aliphatic carboxylic acids is 1. The lowest BCUT2D eigenvalue weighted by Gasteiger charge is -2.26. The minimum absolute atomic E-state index is 0.128. The second-order valence-electron chi connectivity index (χ2n) is 5.82. The van der Waals surface area contributed by atoms with Gasteiger partial charge in [0.1, 0.15) is 6.04 Å². The van der Waals surface area contributed by atoms with Gasteiger partial charge < -0.3 is 10.0 Å². The number of benzene rings is 2. The molecule has 0 bridgehead atoms. The Balaban J connectivity index is 2.01. The van der Waals surface area contributed by atoms with Crippen molar-refractivity contribution < 1.29 is 19.5 Å². The molecule has 1 heterocycles. The van der Waals surface area contributed by atoms with Crippen molar-refractivity contribution in [1.82, 2.24) is 4.90 Å². The van der Waals surface area contributed by atoms with Crippen LogP contribution in [0.4, 0.5) is 0 Å². The number of nitrogens with zero attached hydrogens (tertiary/aromatic N) is 1. The molecule has 5 nitrogen and oxygen atoms in total. The summed E-state index contributed by atoms with van der Waals surface area (Å²) < 4.78 is 0. The second-order valence-corrected chi connectivity index (χ2v) is 5.82. The Labute approximate surface area is 139 Å². The summed E-state index contributed by atoms with van der Waals surface area (Å²) in [7, 11) is 0. The monoisotopic (exact) mass is 323 g/mol. The molecule has 0 aromatic heterocycles. The van der Waals surface area contributed by atoms with E-state index in [4.69, 9.17) is 0 Å². The molecule has 5 heteroatoms. The number of likely N-dealkylation sites (tertiary alicyclic amines) is 1. The zero-order valence-corrected chi connectivity index (χ0v) is 13.0. The molecule has 2 aromatic rings. The van der Waals surface area contributed by atoms with Crippen LogP contribution in [0.25, 0.3) is 0 Å². The summed E-state index contributed by atoms with van der Waals surface area (Å²) in [6.45, 7) is -0.147. The van der Waals surface area contributed by atoms with E-state index in [0.29, 0.717) is 0 Å². The zero-order valence-electron chi connectivity index (χ0n) is 13.0. The van der Waals surface area contributed by atoms with Crippen LogP contribution in [-0.2, 0) is 14.4 Å². The van der Waals surface area contributed by atoms with Crippen molar-refractivity contribution in [2.24, 2.45) is 0 Å². The Morgan fingerprint density at radius 3 is 1.92 bits per heavy atom. The van der Waals surface area contributed by atoms with E-state index in [9.17, 15) is 19.5 Å². The summed E-state index contributed by atoms with van der Waals surface area (Å²) in [6.07, 6.45) is -0.128. The minimum atomic E-state index is -1.14. The highest BCUT2D eigenvalue weighted by Gasteiger charge is 2.41. The van der Waals surface area contributed by atoms with Crippen LogP contribution >= 0.6 is 0 Å². The number of Topliss-reactive ketones (excluding diaryl/α,β-unsaturated/α-hetero) is 1. The first kappa shape index (κ1) is 15.9. The van der Waals surface area contributed by atoms with Gasteiger partial charge in [-0.1, -0.05) is 60.7 Å². The zero-order chi connectivity index (χ0) is 17.1. The fraction of sp³-hybridized carbons (Fsp3) is 0.211. The van der Waals surface area contributed by atoms with E-state index in [1.807, 2.05) is 60.7 Å². The number of carboxylic acid groups (broad SMARTS) is 1. The third-order valence-corrected chi connectivity index (χ3v) is 4.22. The Bertz CT molecular complexity index is 718. The van der Waals surface area contributed by atoms with Crippen LogP contribution in [0.2, 0.25) is 0 Å². The van der Waals surface area contributed by atoms with Crippen LogP contribution in [0.3, 0.4) is 0 Å². The van der Waals surface area contributed by atoms with Gasteiger partial charge in [0.05, 0.1) is 12.5 Å². The Morgan fingerprint density at radius 1 is 0.958 bits per heavy atom. The number of rotatable bonds is 4. The second kappa shape index (κ2) is 6.66. The van der Waals surface area contributed by atoms with E-state index in [0.717, 1.165) is 11.1 Å². The van der Waals surface area contributed by atoms with Crippen LogP contribution < -0.4 is 0 Å². The third kappa shape index (κ3) is 3.06. The SMILES string of the molecule is O=C1C[C@@H](C(=O)O)N(C(=O)C(c2ccccc2)c2ccccc2)C1. The molecular weight excluding hydrogens is 306 g/mol. The van der Waals surface area contributed by atoms with E-state index >= 15 is 0 Å². The number of carbonyl (C=O) groups is 3. The highest BCUT2D eigenvalue weighted by molar-refractivity contribution is 5.99. The predicted octanol–water partition coefficient (Wildman–Crippen LogP) is 2.07. The lowest BCUT2D eigenvalue weighted by atomic mass is 9.90. The molecule has 0 radical (unpaired) electrons. The highest BCUT2D eigenvalue weighted by Crippen LogP contribution is 2.29. The molecule has 2 aromatic carbocycles. The number of ketones is 1. The smallest absolute Gasteiger partial charge is 0.326 e. The molecular formula is C19H17NO4. The van der Waals surface area contributed by atoms with Crippen molar-refractivity contribution in [3.63, 3.8) is 0 Å². The van der Waals surface area contributed by atoms with Crippen molar-refractivity contribution in [3.05, 3.63) is 71.8 Å². The van der Waals surface area contributed by atoms with Gasteiger partial charge in [-0.2, -0.15) is 0 Å². The normalized spacial score (nSPS) is 17.3. The maximum absolute atomic E-state index is 13.1. The summed E-state index contributed by atoms with van der Waals surface area (Å²) in [5, 5.41) is 9.33. The van der Waals surface area contributed by atoms with Gasteiger partial charge in [-0.15, -0.1) is 0 Å². The van der Waals surface area contributed by atoms with Gasteiger partial charge in [-0.05, 0) is 11.1 Å². The molecule has 122 valence electrons. The molecule has 1 aliphatic rings. The maximum atomic E-state index is 13.1. The fourth-order valence-corrected chi connectivity index (χ4v) is 3.08. The molecule has 0 aliphatic carbocycles. The van der Waals surface area contributed by atoms with Gasteiger partial charge in [0.2, 0.25) is 5.91 Å². The topological polar surface area (TPSA) is 74.7 Å². The standard InChI is InChI=1S/C19H17NO4/c21-15-11-16(19(23)24)20(12-15)18(22)17(13-7-3-1-4-8-13)14-9-5-2-6-10-14/h1-10,16-17H,11-12H2,(H,23,24)/t16-/m0/s1. The molecule has 1 saturated heterocycles. The fourth-order valence-electron chi connectivity index (χ4n) is 3.08. The summed E-state index contributed by atoms with van der Waals surface area (Å²) in [5.41, 5.74) is 1.55. The first-order valence-corrected chi connectivity index (χ1v) is 7.73. The number of carbonyl (C=O) groups excluding carboxylic acids is 2. The molecule has 1 atom stereocenters. The van der Waals surface area contributed by atoms with Gasteiger partial charge >= 0.3 is 5.97 Å². The van der Waals surface area contributed by atoms with Gasteiger partial charge in [-0.3, -0.25) is 9.59 Å². The number of hydrogen-bond donors (Lipinski definition) is 1. The minimum Gasteiger partial charge on any atom is -0.480 e. The number of amides is 1. The van der Waals surface area contributed by atoms with Crippen molar-refractivity contribution in [1.29, 1.82) is 0 Å². The van der Waals surface area contributed by atoms with Crippen molar-refractivity contribution in [3.8, 4) is 0 Å². The average Bonchev–Trinajstić information content (AvgIpc) is 2.99. The van der Waals surface area contributed by atoms with E-state index in [-0.39, 0.29) is 24.7 Å². The van der Waals surface area contributed by atoms with Crippen LogP contribution in [0.15, 0.2) is 60.7 Å². The molecule has 24 heavy (non-hydrogen) atoms. The van der Waals surface area contributed by atoms with Gasteiger partial charge in [-0.25, -0.2) is 4.79 Å². The summed E-state index contributed by atoms with van der Waals surface area (Å²) >= 11 is 0. The Kier molecular flexibility index (Phi) is 4.42. The molecule has 0 spiro atoms. The highest BCUT2D eigenvalue weighted by atomic mass is 16.4. The van der Waals surface area contributed by atoms with Gasteiger partial charge in [0.25, 0.3) is 0 Å². The van der Waals surface area contributed by atoms with E-state index in [2.05, 4.69) is 0 Å². The molecule has 0 saturated carbocycles. The van der Waals surface area contributed by atoms with Crippen LogP contribution in [0.5, 0.6) is 0 Å². The summed E-state index contributed by atoms with van der Waals surface area (Å²) in [6, 6.07) is 17.3. The first-order chi connectivity index (χ1) is 11.6.